The average molecular weight is 484 g/mol. The van der Waals surface area contributed by atoms with Crippen molar-refractivity contribution in [2.45, 2.75) is 74.7 Å². The zero-order valence-corrected chi connectivity index (χ0v) is 20.8. The molecule has 190 valence electrons. The van der Waals surface area contributed by atoms with Crippen molar-refractivity contribution in [2.24, 2.45) is 0 Å². The Morgan fingerprint density at radius 1 is 1.09 bits per heavy atom. The number of Topliss-reactive ketones (excluding diaryl/α,β-unsaturated/α-hetero) is 1. The fourth-order valence-corrected chi connectivity index (χ4v) is 6.39. The summed E-state index contributed by atoms with van der Waals surface area (Å²) in [4.78, 5) is 43.9. The van der Waals surface area contributed by atoms with Crippen molar-refractivity contribution < 1.29 is 23.9 Å². The quantitative estimate of drug-likeness (QED) is 0.690. The molecule has 2 amide bonds. The van der Waals surface area contributed by atoms with Gasteiger partial charge in [-0.3, -0.25) is 14.4 Å². The second-order valence-corrected chi connectivity index (χ2v) is 10.7. The van der Waals surface area contributed by atoms with Gasteiger partial charge in [0.25, 0.3) is 5.91 Å². The minimum Gasteiger partial charge on any atom is -0.377 e. The van der Waals surface area contributed by atoms with Gasteiger partial charge in [-0.25, -0.2) is 0 Å². The predicted molar refractivity (Wildman–Crippen MR) is 130 cm³/mol. The number of nitrogens with one attached hydrogen (secondary N) is 1. The molecule has 4 aliphatic rings. The second kappa shape index (κ2) is 9.99. The smallest absolute Gasteiger partial charge is 0.252 e. The van der Waals surface area contributed by atoms with Gasteiger partial charge in [-0.15, -0.1) is 0 Å². The lowest BCUT2D eigenvalue weighted by molar-refractivity contribution is -0.143. The maximum Gasteiger partial charge on any atom is 0.252 e. The van der Waals surface area contributed by atoms with Gasteiger partial charge in [0.2, 0.25) is 5.91 Å². The number of fused-ring (bicyclic) bond motifs is 1. The number of hydrogen-bond donors (Lipinski definition) is 1. The third-order valence-electron chi connectivity index (χ3n) is 8.53. The molecule has 4 fully saturated rings. The standard InChI is InChI=1S/C27H37N3O5/c1-29-14-10-19(11-15-29)18-6-8-20(9-7-18)25(32)28-27(12-4-3-5-13-27)26(33)30-16-22(34-2)24-23(30)21(31)17-35-24/h6-9,19,22-24H,3-5,10-17H2,1-2H3,(H,28,32)/t22-,23+,24+/m0/s1. The van der Waals surface area contributed by atoms with E-state index >= 15 is 0 Å². The van der Waals surface area contributed by atoms with E-state index in [-0.39, 0.29) is 30.3 Å². The summed E-state index contributed by atoms with van der Waals surface area (Å²) in [5.74, 6) is 0.0207. The summed E-state index contributed by atoms with van der Waals surface area (Å²) in [6.45, 7) is 2.49. The minimum absolute atomic E-state index is 0.00195. The molecule has 1 saturated carbocycles. The number of rotatable bonds is 5. The molecule has 1 aromatic carbocycles. The third kappa shape index (κ3) is 4.63. The summed E-state index contributed by atoms with van der Waals surface area (Å²) in [6.07, 6.45) is 5.40. The first-order chi connectivity index (χ1) is 16.9. The van der Waals surface area contributed by atoms with Crippen LogP contribution in [0.15, 0.2) is 24.3 Å². The SMILES string of the molecule is CO[C@H]1CN(C(=O)C2(NC(=O)c3ccc(C4CCN(C)CC4)cc3)CCCCC2)[C@@H]2C(=O)CO[C@H]12. The fourth-order valence-electron chi connectivity index (χ4n) is 6.39. The van der Waals surface area contributed by atoms with Crippen molar-refractivity contribution in [3.63, 3.8) is 0 Å². The van der Waals surface area contributed by atoms with E-state index in [1.165, 1.54) is 5.56 Å². The number of piperidine rings is 1. The lowest BCUT2D eigenvalue weighted by Gasteiger charge is -2.40. The topological polar surface area (TPSA) is 88.2 Å². The lowest BCUT2D eigenvalue weighted by atomic mass is 9.80. The summed E-state index contributed by atoms with van der Waals surface area (Å²) in [5, 5.41) is 3.13. The number of carbonyl (C=O) groups excluding carboxylic acids is 3. The molecule has 1 N–H and O–H groups in total. The van der Waals surface area contributed by atoms with Crippen LogP contribution < -0.4 is 5.32 Å². The van der Waals surface area contributed by atoms with Crippen molar-refractivity contribution in [1.82, 2.24) is 15.1 Å². The molecule has 1 aliphatic carbocycles. The van der Waals surface area contributed by atoms with Gasteiger partial charge < -0.3 is 24.6 Å². The van der Waals surface area contributed by atoms with Crippen molar-refractivity contribution in [3.05, 3.63) is 35.4 Å². The van der Waals surface area contributed by atoms with E-state index in [1.807, 2.05) is 12.1 Å². The number of ether oxygens (including phenoxy) is 2. The summed E-state index contributed by atoms with van der Waals surface area (Å²) in [6, 6.07) is 7.25. The van der Waals surface area contributed by atoms with Gasteiger partial charge >= 0.3 is 0 Å². The van der Waals surface area contributed by atoms with Gasteiger partial charge in [0.05, 0.1) is 6.54 Å². The number of hydrogen-bond acceptors (Lipinski definition) is 6. The minimum atomic E-state index is -1.00. The van der Waals surface area contributed by atoms with Crippen LogP contribution in [-0.4, -0.2) is 91.6 Å². The molecule has 0 radical (unpaired) electrons. The van der Waals surface area contributed by atoms with Crippen molar-refractivity contribution in [1.29, 1.82) is 0 Å². The Kier molecular flexibility index (Phi) is 6.97. The Balaban J connectivity index is 1.33. The number of amides is 2. The van der Waals surface area contributed by atoms with Crippen LogP contribution in [0.3, 0.4) is 0 Å². The fraction of sp³-hybridized carbons (Fsp3) is 0.667. The van der Waals surface area contributed by atoms with Crippen LogP contribution in [0.1, 0.15) is 66.8 Å². The van der Waals surface area contributed by atoms with E-state index in [9.17, 15) is 14.4 Å². The van der Waals surface area contributed by atoms with E-state index in [4.69, 9.17) is 9.47 Å². The molecule has 3 aliphatic heterocycles. The first-order valence-electron chi connectivity index (χ1n) is 13.0. The molecule has 8 nitrogen and oxygen atoms in total. The monoisotopic (exact) mass is 483 g/mol. The molecule has 8 heteroatoms. The van der Waals surface area contributed by atoms with E-state index in [0.29, 0.717) is 30.9 Å². The van der Waals surface area contributed by atoms with Crippen molar-refractivity contribution in [3.8, 4) is 0 Å². The van der Waals surface area contributed by atoms with E-state index < -0.39 is 17.7 Å². The highest BCUT2D eigenvalue weighted by molar-refractivity contribution is 6.01. The maximum absolute atomic E-state index is 14.0. The van der Waals surface area contributed by atoms with Gasteiger partial charge in [0.1, 0.15) is 30.4 Å². The molecule has 3 heterocycles. The van der Waals surface area contributed by atoms with Gasteiger partial charge in [0.15, 0.2) is 5.78 Å². The number of likely N-dealkylation sites (tertiary alicyclic amines) is 2. The number of carbonyl (C=O) groups is 3. The summed E-state index contributed by atoms with van der Waals surface area (Å²) >= 11 is 0. The third-order valence-corrected chi connectivity index (χ3v) is 8.53. The Labute approximate surface area is 207 Å². The van der Waals surface area contributed by atoms with E-state index in [0.717, 1.165) is 45.2 Å². The van der Waals surface area contributed by atoms with Crippen LogP contribution in [0, 0.1) is 0 Å². The number of benzene rings is 1. The molecule has 1 aromatic rings. The Morgan fingerprint density at radius 3 is 2.43 bits per heavy atom. The second-order valence-electron chi connectivity index (χ2n) is 10.7. The highest BCUT2D eigenvalue weighted by Crippen LogP contribution is 2.36. The highest BCUT2D eigenvalue weighted by atomic mass is 16.5. The van der Waals surface area contributed by atoms with Crippen LogP contribution in [0.25, 0.3) is 0 Å². The van der Waals surface area contributed by atoms with Gasteiger partial charge in [0, 0.05) is 12.7 Å². The largest absolute Gasteiger partial charge is 0.377 e. The first-order valence-corrected chi connectivity index (χ1v) is 13.0. The molecule has 35 heavy (non-hydrogen) atoms. The molecule has 3 atom stereocenters. The normalized spacial score (nSPS) is 29.3. The molecule has 0 aromatic heterocycles. The van der Waals surface area contributed by atoms with Crippen LogP contribution >= 0.6 is 0 Å². The van der Waals surface area contributed by atoms with Crippen LogP contribution in [0.5, 0.6) is 0 Å². The number of methoxy groups -OCH3 is 1. The van der Waals surface area contributed by atoms with Crippen molar-refractivity contribution in [2.75, 3.05) is 40.4 Å². The van der Waals surface area contributed by atoms with Crippen LogP contribution in [-0.2, 0) is 19.1 Å². The molecular weight excluding hydrogens is 446 g/mol. The van der Waals surface area contributed by atoms with Crippen LogP contribution in [0.2, 0.25) is 0 Å². The molecule has 0 spiro atoms. The summed E-state index contributed by atoms with van der Waals surface area (Å²) in [5.41, 5.74) is 0.832. The molecular formula is C27H37N3O5. The first kappa shape index (κ1) is 24.4. The van der Waals surface area contributed by atoms with Gasteiger partial charge in [-0.05, 0) is 69.4 Å². The molecule has 0 bridgehead atoms. The zero-order chi connectivity index (χ0) is 24.6. The molecule has 3 saturated heterocycles. The highest BCUT2D eigenvalue weighted by Gasteiger charge is 2.56. The lowest BCUT2D eigenvalue weighted by Crippen LogP contribution is -2.62. The predicted octanol–water partition coefficient (Wildman–Crippen LogP) is 2.12. The Hall–Kier alpha value is -2.29. The summed E-state index contributed by atoms with van der Waals surface area (Å²) in [7, 11) is 3.73. The van der Waals surface area contributed by atoms with E-state index in [1.54, 1.807) is 12.0 Å². The summed E-state index contributed by atoms with van der Waals surface area (Å²) < 4.78 is 11.2. The van der Waals surface area contributed by atoms with Gasteiger partial charge in [-0.1, -0.05) is 31.4 Å². The van der Waals surface area contributed by atoms with Crippen molar-refractivity contribution >= 4 is 17.6 Å². The maximum atomic E-state index is 14.0. The van der Waals surface area contributed by atoms with E-state index in [2.05, 4.69) is 29.4 Å². The Morgan fingerprint density at radius 2 is 1.77 bits per heavy atom. The molecule has 0 unspecified atom stereocenters. The van der Waals surface area contributed by atoms with Crippen LogP contribution in [0.4, 0.5) is 0 Å². The molecule has 5 rings (SSSR count). The Bertz CT molecular complexity index is 950. The number of nitrogens with zero attached hydrogens (tertiary/aromatic N) is 2. The average Bonchev–Trinajstić information content (AvgIpc) is 3.45. The number of ketones is 1. The van der Waals surface area contributed by atoms with Gasteiger partial charge in [-0.2, -0.15) is 0 Å². The zero-order valence-electron chi connectivity index (χ0n) is 20.8.